The molecule has 20 heavy (non-hydrogen) atoms. The minimum absolute atomic E-state index is 0.552. The van der Waals surface area contributed by atoms with Gasteiger partial charge in [0.2, 0.25) is 0 Å². The summed E-state index contributed by atoms with van der Waals surface area (Å²) in [5, 5.41) is 12.9. The maximum atomic E-state index is 8.79. The average molecular weight is 271 g/mol. The Kier molecular flexibility index (Phi) is 5.01. The molecule has 1 aromatic heterocycles. The van der Waals surface area contributed by atoms with Gasteiger partial charge in [0, 0.05) is 13.0 Å². The first-order valence-electron chi connectivity index (χ1n) is 6.60. The number of aromatic nitrogens is 2. The van der Waals surface area contributed by atoms with Crippen LogP contribution in [-0.4, -0.2) is 23.0 Å². The molecule has 0 amide bonds. The summed E-state index contributed by atoms with van der Waals surface area (Å²) in [7, 11) is 0. The first-order valence-corrected chi connectivity index (χ1v) is 6.60. The van der Waals surface area contributed by atoms with Gasteiger partial charge < -0.3 is 9.47 Å². The van der Waals surface area contributed by atoms with Crippen LogP contribution in [0.25, 0.3) is 0 Å². The Labute approximate surface area is 118 Å². The van der Waals surface area contributed by atoms with Crippen LogP contribution in [0.1, 0.15) is 18.9 Å². The maximum Gasteiger partial charge on any atom is 0.157 e. The SMILES string of the molecule is CCn1cc(OCCCOc2cccc(C#N)c2)cn1. The molecule has 0 aliphatic rings. The third kappa shape index (κ3) is 4.02. The minimum atomic E-state index is 0.552. The van der Waals surface area contributed by atoms with Gasteiger partial charge >= 0.3 is 0 Å². The molecule has 0 atom stereocenters. The second-order valence-corrected chi connectivity index (χ2v) is 4.22. The van der Waals surface area contributed by atoms with E-state index < -0.39 is 0 Å². The van der Waals surface area contributed by atoms with Crippen LogP contribution in [0.2, 0.25) is 0 Å². The molecule has 5 nitrogen and oxygen atoms in total. The van der Waals surface area contributed by atoms with Crippen molar-refractivity contribution in [2.75, 3.05) is 13.2 Å². The number of ether oxygens (including phenoxy) is 2. The average Bonchev–Trinajstić information content (AvgIpc) is 2.95. The van der Waals surface area contributed by atoms with Crippen molar-refractivity contribution in [2.45, 2.75) is 19.9 Å². The molecule has 0 saturated heterocycles. The van der Waals surface area contributed by atoms with Crippen LogP contribution in [0.4, 0.5) is 0 Å². The molecule has 2 rings (SSSR count). The molecule has 0 unspecified atom stereocenters. The standard InChI is InChI=1S/C15H17N3O2/c1-2-18-12-15(11-17-18)20-8-4-7-19-14-6-3-5-13(9-14)10-16/h3,5-6,9,11-12H,2,4,7-8H2,1H3. The number of hydrogen-bond acceptors (Lipinski definition) is 4. The molecule has 0 saturated carbocycles. The second-order valence-electron chi connectivity index (χ2n) is 4.22. The maximum absolute atomic E-state index is 8.79. The zero-order valence-electron chi connectivity index (χ0n) is 11.5. The van der Waals surface area contributed by atoms with Crippen LogP contribution in [0.5, 0.6) is 11.5 Å². The molecule has 0 fully saturated rings. The lowest BCUT2D eigenvalue weighted by Crippen LogP contribution is -2.04. The van der Waals surface area contributed by atoms with Crippen molar-refractivity contribution in [1.82, 2.24) is 9.78 Å². The molecule has 1 aromatic carbocycles. The van der Waals surface area contributed by atoms with Gasteiger partial charge in [-0.1, -0.05) is 6.07 Å². The Morgan fingerprint density at radius 3 is 2.75 bits per heavy atom. The fourth-order valence-corrected chi connectivity index (χ4v) is 1.69. The third-order valence-corrected chi connectivity index (χ3v) is 2.72. The highest BCUT2D eigenvalue weighted by Gasteiger charge is 1.99. The Balaban J connectivity index is 1.67. The predicted octanol–water partition coefficient (Wildman–Crippen LogP) is 2.62. The number of benzene rings is 1. The first kappa shape index (κ1) is 13.9. The lowest BCUT2D eigenvalue weighted by molar-refractivity contribution is 0.247. The van der Waals surface area contributed by atoms with E-state index in [0.717, 1.165) is 18.7 Å². The molecule has 0 aliphatic carbocycles. The lowest BCUT2D eigenvalue weighted by atomic mass is 10.2. The third-order valence-electron chi connectivity index (χ3n) is 2.72. The summed E-state index contributed by atoms with van der Waals surface area (Å²) in [5.41, 5.74) is 0.603. The Morgan fingerprint density at radius 1 is 1.25 bits per heavy atom. The van der Waals surface area contributed by atoms with Gasteiger partial charge in [-0.2, -0.15) is 10.4 Å². The van der Waals surface area contributed by atoms with Crippen LogP contribution < -0.4 is 9.47 Å². The lowest BCUT2D eigenvalue weighted by Gasteiger charge is -2.06. The Morgan fingerprint density at radius 2 is 2.05 bits per heavy atom. The van der Waals surface area contributed by atoms with E-state index >= 15 is 0 Å². The minimum Gasteiger partial charge on any atom is -0.493 e. The van der Waals surface area contributed by atoms with E-state index in [2.05, 4.69) is 11.2 Å². The smallest absolute Gasteiger partial charge is 0.157 e. The molecule has 0 bridgehead atoms. The fourth-order valence-electron chi connectivity index (χ4n) is 1.69. The summed E-state index contributed by atoms with van der Waals surface area (Å²) in [6.07, 6.45) is 4.35. The van der Waals surface area contributed by atoms with Gasteiger partial charge in [-0.15, -0.1) is 0 Å². The molecular formula is C15H17N3O2. The van der Waals surface area contributed by atoms with Crippen LogP contribution in [-0.2, 0) is 6.54 Å². The van der Waals surface area contributed by atoms with E-state index in [9.17, 15) is 0 Å². The molecule has 104 valence electrons. The van der Waals surface area contributed by atoms with Crippen molar-refractivity contribution in [2.24, 2.45) is 0 Å². The van der Waals surface area contributed by atoms with Crippen LogP contribution in [0, 0.1) is 11.3 Å². The van der Waals surface area contributed by atoms with Gasteiger partial charge in [-0.25, -0.2) is 0 Å². The molecule has 0 radical (unpaired) electrons. The quantitative estimate of drug-likeness (QED) is 0.726. The van der Waals surface area contributed by atoms with E-state index in [4.69, 9.17) is 14.7 Å². The molecule has 0 aliphatic heterocycles. The summed E-state index contributed by atoms with van der Waals surface area (Å²) < 4.78 is 12.9. The summed E-state index contributed by atoms with van der Waals surface area (Å²) in [6.45, 7) is 3.99. The summed E-state index contributed by atoms with van der Waals surface area (Å²) in [4.78, 5) is 0. The second kappa shape index (κ2) is 7.19. The van der Waals surface area contributed by atoms with E-state index in [1.807, 2.05) is 29.9 Å². The van der Waals surface area contributed by atoms with E-state index in [1.54, 1.807) is 18.3 Å². The summed E-state index contributed by atoms with van der Waals surface area (Å²) in [6, 6.07) is 9.21. The highest BCUT2D eigenvalue weighted by atomic mass is 16.5. The number of nitriles is 1. The molecule has 5 heteroatoms. The fraction of sp³-hybridized carbons (Fsp3) is 0.333. The van der Waals surface area contributed by atoms with Crippen molar-refractivity contribution in [3.8, 4) is 17.6 Å². The van der Waals surface area contributed by atoms with Gasteiger partial charge in [0.25, 0.3) is 0 Å². The van der Waals surface area contributed by atoms with E-state index in [-0.39, 0.29) is 0 Å². The largest absolute Gasteiger partial charge is 0.493 e. The van der Waals surface area contributed by atoms with Crippen molar-refractivity contribution in [3.05, 3.63) is 42.2 Å². The summed E-state index contributed by atoms with van der Waals surface area (Å²) >= 11 is 0. The molecule has 0 N–H and O–H groups in total. The Hall–Kier alpha value is -2.48. The van der Waals surface area contributed by atoms with Crippen LogP contribution in [0.15, 0.2) is 36.7 Å². The number of rotatable bonds is 7. The van der Waals surface area contributed by atoms with E-state index in [1.165, 1.54) is 0 Å². The van der Waals surface area contributed by atoms with Gasteiger partial charge in [-0.3, -0.25) is 4.68 Å². The zero-order valence-corrected chi connectivity index (χ0v) is 11.5. The van der Waals surface area contributed by atoms with Crippen molar-refractivity contribution in [1.29, 1.82) is 5.26 Å². The number of nitrogens with zero attached hydrogens (tertiary/aromatic N) is 3. The molecule has 2 aromatic rings. The zero-order chi connectivity index (χ0) is 14.2. The number of hydrogen-bond donors (Lipinski definition) is 0. The predicted molar refractivity (Wildman–Crippen MR) is 74.7 cm³/mol. The van der Waals surface area contributed by atoms with Crippen molar-refractivity contribution >= 4 is 0 Å². The highest BCUT2D eigenvalue weighted by Crippen LogP contribution is 2.13. The van der Waals surface area contributed by atoms with Gasteiger partial charge in [0.15, 0.2) is 5.75 Å². The van der Waals surface area contributed by atoms with Crippen molar-refractivity contribution < 1.29 is 9.47 Å². The molecular weight excluding hydrogens is 254 g/mol. The van der Waals surface area contributed by atoms with Gasteiger partial charge in [0.1, 0.15) is 5.75 Å². The van der Waals surface area contributed by atoms with Crippen molar-refractivity contribution in [3.63, 3.8) is 0 Å². The summed E-state index contributed by atoms with van der Waals surface area (Å²) in [5.74, 6) is 1.49. The Bertz CT molecular complexity index is 587. The monoisotopic (exact) mass is 271 g/mol. The van der Waals surface area contributed by atoms with Gasteiger partial charge in [-0.05, 0) is 25.1 Å². The van der Waals surface area contributed by atoms with Crippen LogP contribution in [0.3, 0.4) is 0 Å². The number of aryl methyl sites for hydroxylation is 1. The molecule has 1 heterocycles. The highest BCUT2D eigenvalue weighted by molar-refractivity contribution is 5.36. The van der Waals surface area contributed by atoms with Crippen LogP contribution >= 0.6 is 0 Å². The topological polar surface area (TPSA) is 60.1 Å². The van der Waals surface area contributed by atoms with Gasteiger partial charge in [0.05, 0.1) is 37.2 Å². The van der Waals surface area contributed by atoms with E-state index in [0.29, 0.717) is 24.5 Å². The molecule has 0 spiro atoms. The first-order chi connectivity index (χ1) is 9.81. The normalized spacial score (nSPS) is 10.0.